The largest absolute Gasteiger partial charge is 0.352 e. The Hall–Kier alpha value is -2.15. The van der Waals surface area contributed by atoms with E-state index >= 15 is 0 Å². The van der Waals surface area contributed by atoms with E-state index in [2.05, 4.69) is 20.5 Å². The van der Waals surface area contributed by atoms with Crippen molar-refractivity contribution in [2.24, 2.45) is 4.99 Å². The van der Waals surface area contributed by atoms with Gasteiger partial charge < -0.3 is 10.6 Å². The highest BCUT2D eigenvalue weighted by atomic mass is 16.6. The fourth-order valence-electron chi connectivity index (χ4n) is 3.82. The van der Waals surface area contributed by atoms with Gasteiger partial charge in [-0.3, -0.25) is 20.0 Å². The molecule has 1 saturated carbocycles. The highest BCUT2D eigenvalue weighted by Crippen LogP contribution is 2.26. The molecule has 7 heteroatoms. The van der Waals surface area contributed by atoms with Crippen molar-refractivity contribution in [3.05, 3.63) is 39.9 Å². The first-order valence-corrected chi connectivity index (χ1v) is 9.10. The van der Waals surface area contributed by atoms with Gasteiger partial charge in [-0.05, 0) is 24.8 Å². The highest BCUT2D eigenvalue weighted by molar-refractivity contribution is 5.80. The van der Waals surface area contributed by atoms with E-state index < -0.39 is 0 Å². The number of non-ortho nitro benzene ring substituents is 1. The molecule has 1 aromatic rings. The second-order valence-electron chi connectivity index (χ2n) is 6.91. The van der Waals surface area contributed by atoms with Crippen LogP contribution in [0, 0.1) is 10.1 Å². The summed E-state index contributed by atoms with van der Waals surface area (Å²) in [5.74, 6) is 0.789. The van der Waals surface area contributed by atoms with Crippen molar-refractivity contribution in [2.45, 2.75) is 50.7 Å². The van der Waals surface area contributed by atoms with Crippen LogP contribution in [0.3, 0.4) is 0 Å². The van der Waals surface area contributed by atoms with Crippen LogP contribution < -0.4 is 10.6 Å². The van der Waals surface area contributed by atoms with E-state index in [1.54, 1.807) is 19.2 Å². The Morgan fingerprint density at radius 3 is 2.64 bits per heavy atom. The molecule has 1 aliphatic heterocycles. The molecule has 2 N–H and O–H groups in total. The molecule has 1 saturated heterocycles. The van der Waals surface area contributed by atoms with Crippen LogP contribution in [0.25, 0.3) is 0 Å². The van der Waals surface area contributed by atoms with Crippen molar-refractivity contribution in [3.8, 4) is 0 Å². The van der Waals surface area contributed by atoms with Crippen LogP contribution in [-0.4, -0.2) is 48.0 Å². The fourth-order valence-corrected chi connectivity index (χ4v) is 3.82. The molecular weight excluding hydrogens is 318 g/mol. The SMILES string of the molecule is CN=C(NCc1ccc([N+](=O)[O-])cc1)NC1CCN(C2CCCC2)C1. The number of likely N-dealkylation sites (tertiary alicyclic amines) is 1. The topological polar surface area (TPSA) is 82.8 Å². The lowest BCUT2D eigenvalue weighted by atomic mass is 10.2. The Morgan fingerprint density at radius 2 is 2.00 bits per heavy atom. The van der Waals surface area contributed by atoms with Gasteiger partial charge in [0.1, 0.15) is 0 Å². The van der Waals surface area contributed by atoms with Gasteiger partial charge in [0.05, 0.1) is 4.92 Å². The maximum atomic E-state index is 10.7. The number of nitro benzene ring substituents is 1. The first-order valence-electron chi connectivity index (χ1n) is 9.10. The quantitative estimate of drug-likeness (QED) is 0.370. The zero-order valence-corrected chi connectivity index (χ0v) is 14.8. The van der Waals surface area contributed by atoms with Crippen molar-refractivity contribution in [3.63, 3.8) is 0 Å². The molecule has 1 aliphatic carbocycles. The molecule has 3 rings (SSSR count). The lowest BCUT2D eigenvalue weighted by Crippen LogP contribution is -2.45. The van der Waals surface area contributed by atoms with Gasteiger partial charge in [-0.15, -0.1) is 0 Å². The molecule has 0 aromatic heterocycles. The van der Waals surface area contributed by atoms with Crippen molar-refractivity contribution in [2.75, 3.05) is 20.1 Å². The van der Waals surface area contributed by atoms with Gasteiger partial charge in [0.25, 0.3) is 5.69 Å². The maximum Gasteiger partial charge on any atom is 0.269 e. The molecule has 0 spiro atoms. The monoisotopic (exact) mass is 345 g/mol. The third kappa shape index (κ3) is 4.69. The zero-order chi connectivity index (χ0) is 17.6. The highest BCUT2D eigenvalue weighted by Gasteiger charge is 2.30. The number of hydrogen-bond acceptors (Lipinski definition) is 4. The molecule has 136 valence electrons. The van der Waals surface area contributed by atoms with Gasteiger partial charge in [-0.2, -0.15) is 0 Å². The fraction of sp³-hybridized carbons (Fsp3) is 0.611. The smallest absolute Gasteiger partial charge is 0.269 e. The maximum absolute atomic E-state index is 10.7. The summed E-state index contributed by atoms with van der Waals surface area (Å²) in [6.45, 7) is 2.85. The predicted molar refractivity (Wildman–Crippen MR) is 98.7 cm³/mol. The molecule has 7 nitrogen and oxygen atoms in total. The summed E-state index contributed by atoms with van der Waals surface area (Å²) in [7, 11) is 1.77. The van der Waals surface area contributed by atoms with Gasteiger partial charge in [-0.25, -0.2) is 0 Å². The Balaban J connectivity index is 1.46. The summed E-state index contributed by atoms with van der Waals surface area (Å²) in [6, 6.07) is 7.82. The van der Waals surface area contributed by atoms with Gasteiger partial charge in [-0.1, -0.05) is 25.0 Å². The third-order valence-electron chi connectivity index (χ3n) is 5.23. The molecule has 1 unspecified atom stereocenters. The standard InChI is InChI=1S/C18H27N5O2/c1-19-18(20-12-14-6-8-17(9-7-14)23(24)25)21-15-10-11-22(13-15)16-4-2-3-5-16/h6-9,15-16H,2-5,10-13H2,1H3,(H2,19,20,21). The van der Waals surface area contributed by atoms with Gasteiger partial charge in [0.15, 0.2) is 5.96 Å². The average molecular weight is 345 g/mol. The first kappa shape index (κ1) is 17.7. The molecule has 1 atom stereocenters. The first-order chi connectivity index (χ1) is 12.2. The predicted octanol–water partition coefficient (Wildman–Crippen LogP) is 2.28. The molecule has 0 amide bonds. The van der Waals surface area contributed by atoms with Gasteiger partial charge in [0, 0.05) is 50.9 Å². The summed E-state index contributed by atoms with van der Waals surface area (Å²) < 4.78 is 0. The van der Waals surface area contributed by atoms with Crippen LogP contribution in [0.1, 0.15) is 37.7 Å². The third-order valence-corrected chi connectivity index (χ3v) is 5.23. The Morgan fingerprint density at radius 1 is 1.28 bits per heavy atom. The van der Waals surface area contributed by atoms with Crippen molar-refractivity contribution in [1.29, 1.82) is 0 Å². The second kappa shape index (κ2) is 8.29. The van der Waals surface area contributed by atoms with E-state index in [4.69, 9.17) is 0 Å². The summed E-state index contributed by atoms with van der Waals surface area (Å²) >= 11 is 0. The van der Waals surface area contributed by atoms with Crippen LogP contribution in [0.4, 0.5) is 5.69 Å². The van der Waals surface area contributed by atoms with Crippen molar-refractivity contribution < 1.29 is 4.92 Å². The number of nitrogens with one attached hydrogen (secondary N) is 2. The number of rotatable bonds is 5. The normalized spacial score (nSPS) is 22.3. The lowest BCUT2D eigenvalue weighted by molar-refractivity contribution is -0.384. The Labute approximate surface area is 148 Å². The number of nitrogens with zero attached hydrogens (tertiary/aromatic N) is 3. The number of benzene rings is 1. The number of hydrogen-bond donors (Lipinski definition) is 2. The van der Waals surface area contributed by atoms with Crippen LogP contribution in [0.2, 0.25) is 0 Å². The molecule has 0 radical (unpaired) electrons. The van der Waals surface area contributed by atoms with Crippen LogP contribution in [0.5, 0.6) is 0 Å². The molecule has 0 bridgehead atoms. The van der Waals surface area contributed by atoms with E-state index in [-0.39, 0.29) is 10.6 Å². The molecule has 25 heavy (non-hydrogen) atoms. The van der Waals surface area contributed by atoms with Crippen LogP contribution >= 0.6 is 0 Å². The summed E-state index contributed by atoms with van der Waals surface area (Å²) in [5, 5.41) is 17.5. The Kier molecular flexibility index (Phi) is 5.86. The van der Waals surface area contributed by atoms with Gasteiger partial charge >= 0.3 is 0 Å². The number of aliphatic imine (C=N–C) groups is 1. The van der Waals surface area contributed by atoms with E-state index in [0.717, 1.165) is 30.5 Å². The minimum Gasteiger partial charge on any atom is -0.352 e. The van der Waals surface area contributed by atoms with E-state index in [9.17, 15) is 10.1 Å². The molecular formula is C18H27N5O2. The van der Waals surface area contributed by atoms with E-state index in [1.807, 2.05) is 0 Å². The second-order valence-corrected chi connectivity index (χ2v) is 6.91. The minimum atomic E-state index is -0.381. The Bertz CT molecular complexity index is 610. The summed E-state index contributed by atoms with van der Waals surface area (Å²) in [6.07, 6.45) is 6.59. The van der Waals surface area contributed by atoms with Gasteiger partial charge in [0.2, 0.25) is 0 Å². The van der Waals surface area contributed by atoms with Crippen molar-refractivity contribution >= 4 is 11.6 Å². The lowest BCUT2D eigenvalue weighted by Gasteiger charge is -2.24. The van der Waals surface area contributed by atoms with Crippen molar-refractivity contribution in [1.82, 2.24) is 15.5 Å². The molecule has 1 heterocycles. The molecule has 2 aliphatic rings. The molecule has 1 aromatic carbocycles. The summed E-state index contributed by atoms with van der Waals surface area (Å²) in [4.78, 5) is 17.2. The van der Waals surface area contributed by atoms with Crippen LogP contribution in [-0.2, 0) is 6.54 Å². The zero-order valence-electron chi connectivity index (χ0n) is 14.8. The van der Waals surface area contributed by atoms with E-state index in [1.165, 1.54) is 44.4 Å². The average Bonchev–Trinajstić information content (AvgIpc) is 3.30. The molecule has 2 fully saturated rings. The summed E-state index contributed by atoms with van der Waals surface area (Å²) in [5.41, 5.74) is 1.11. The number of nitro groups is 1. The minimum absolute atomic E-state index is 0.115. The number of guanidine groups is 1. The van der Waals surface area contributed by atoms with E-state index in [0.29, 0.717) is 12.6 Å². The van der Waals surface area contributed by atoms with Crippen LogP contribution in [0.15, 0.2) is 29.3 Å².